The van der Waals surface area contributed by atoms with Gasteiger partial charge >= 0.3 is 0 Å². The van der Waals surface area contributed by atoms with Crippen LogP contribution < -0.4 is 15.4 Å². The lowest BCUT2D eigenvalue weighted by atomic mass is 10.2. The molecule has 5 nitrogen and oxygen atoms in total. The predicted molar refractivity (Wildman–Crippen MR) is 82.3 cm³/mol. The molecular weight excluding hydrogens is 254 g/mol. The number of guanidine groups is 1. The van der Waals surface area contributed by atoms with Crippen molar-refractivity contribution in [2.45, 2.75) is 26.4 Å². The summed E-state index contributed by atoms with van der Waals surface area (Å²) in [4.78, 5) is 4.19. The minimum absolute atomic E-state index is 0.209. The van der Waals surface area contributed by atoms with Crippen LogP contribution in [0.15, 0.2) is 29.3 Å². The molecule has 0 radical (unpaired) electrons. The highest BCUT2D eigenvalue weighted by Crippen LogP contribution is 2.12. The Morgan fingerprint density at radius 3 is 2.85 bits per heavy atom. The van der Waals surface area contributed by atoms with Crippen LogP contribution in [0.3, 0.4) is 0 Å². The van der Waals surface area contributed by atoms with Crippen molar-refractivity contribution >= 4 is 5.96 Å². The Morgan fingerprint density at radius 2 is 2.20 bits per heavy atom. The van der Waals surface area contributed by atoms with Crippen LogP contribution in [0.25, 0.3) is 0 Å². The first kappa shape index (κ1) is 16.3. The van der Waals surface area contributed by atoms with Crippen molar-refractivity contribution in [1.29, 1.82) is 0 Å². The van der Waals surface area contributed by atoms with Crippen molar-refractivity contribution in [3.05, 3.63) is 29.8 Å². The Labute approximate surface area is 121 Å². The minimum Gasteiger partial charge on any atom is -0.494 e. The summed E-state index contributed by atoms with van der Waals surface area (Å²) in [5.41, 5.74) is 1.15. The van der Waals surface area contributed by atoms with Gasteiger partial charge in [0.1, 0.15) is 5.75 Å². The van der Waals surface area contributed by atoms with E-state index in [1.807, 2.05) is 32.0 Å². The van der Waals surface area contributed by atoms with Crippen molar-refractivity contribution in [3.63, 3.8) is 0 Å². The maximum absolute atomic E-state index is 5.49. The summed E-state index contributed by atoms with van der Waals surface area (Å²) in [5.74, 6) is 1.65. The Morgan fingerprint density at radius 1 is 1.40 bits per heavy atom. The van der Waals surface area contributed by atoms with Gasteiger partial charge in [-0.3, -0.25) is 4.99 Å². The number of ether oxygens (including phenoxy) is 2. The van der Waals surface area contributed by atoms with Gasteiger partial charge in [-0.2, -0.15) is 0 Å². The van der Waals surface area contributed by atoms with E-state index in [0.717, 1.165) is 17.3 Å². The van der Waals surface area contributed by atoms with Crippen LogP contribution in [0.5, 0.6) is 5.75 Å². The lowest BCUT2D eigenvalue weighted by Gasteiger charge is -2.17. The van der Waals surface area contributed by atoms with Gasteiger partial charge in [-0.05, 0) is 31.5 Å². The molecule has 0 aromatic heterocycles. The highest BCUT2D eigenvalue weighted by atomic mass is 16.5. The number of hydrogen-bond acceptors (Lipinski definition) is 3. The second-order valence-corrected chi connectivity index (χ2v) is 4.51. The van der Waals surface area contributed by atoms with Crippen LogP contribution in [0.1, 0.15) is 19.4 Å². The SMILES string of the molecule is CCOc1cccc(CNC(=NC)NC(C)COC)c1. The number of benzene rings is 1. The fourth-order valence-corrected chi connectivity index (χ4v) is 1.82. The minimum atomic E-state index is 0.209. The third-order valence-corrected chi connectivity index (χ3v) is 2.69. The summed E-state index contributed by atoms with van der Waals surface area (Å²) in [7, 11) is 3.44. The molecule has 2 N–H and O–H groups in total. The summed E-state index contributed by atoms with van der Waals surface area (Å²) in [6.45, 7) is 6.04. The average molecular weight is 279 g/mol. The van der Waals surface area contributed by atoms with E-state index < -0.39 is 0 Å². The molecule has 1 unspecified atom stereocenters. The molecule has 20 heavy (non-hydrogen) atoms. The second kappa shape index (κ2) is 9.20. The van der Waals surface area contributed by atoms with Crippen LogP contribution in [0, 0.1) is 0 Å². The van der Waals surface area contributed by atoms with Gasteiger partial charge in [0.05, 0.1) is 13.2 Å². The highest BCUT2D eigenvalue weighted by molar-refractivity contribution is 5.79. The first-order valence-electron chi connectivity index (χ1n) is 6.87. The molecular formula is C15H25N3O2. The molecule has 0 aliphatic rings. The lowest BCUT2D eigenvalue weighted by molar-refractivity contribution is 0.179. The first-order valence-corrected chi connectivity index (χ1v) is 6.87. The number of nitrogens with zero attached hydrogens (tertiary/aromatic N) is 1. The van der Waals surface area contributed by atoms with Crippen LogP contribution in [0.2, 0.25) is 0 Å². The molecule has 1 atom stereocenters. The Hall–Kier alpha value is -1.75. The smallest absolute Gasteiger partial charge is 0.191 e. The molecule has 0 aliphatic heterocycles. The number of aliphatic imine (C=N–C) groups is 1. The predicted octanol–water partition coefficient (Wildman–Crippen LogP) is 1.79. The molecule has 0 aliphatic carbocycles. The molecule has 0 amide bonds. The Bertz CT molecular complexity index is 421. The maximum Gasteiger partial charge on any atom is 0.191 e. The quantitative estimate of drug-likeness (QED) is 0.590. The third kappa shape index (κ3) is 5.93. The van der Waals surface area contributed by atoms with E-state index >= 15 is 0 Å². The largest absolute Gasteiger partial charge is 0.494 e. The van der Waals surface area contributed by atoms with Crippen LogP contribution in [0.4, 0.5) is 0 Å². The third-order valence-electron chi connectivity index (χ3n) is 2.69. The van der Waals surface area contributed by atoms with E-state index in [-0.39, 0.29) is 6.04 Å². The highest BCUT2D eigenvalue weighted by Gasteiger charge is 2.04. The van der Waals surface area contributed by atoms with Gasteiger partial charge in [-0.25, -0.2) is 0 Å². The lowest BCUT2D eigenvalue weighted by Crippen LogP contribution is -2.43. The molecule has 1 aromatic rings. The van der Waals surface area contributed by atoms with E-state index in [2.05, 4.69) is 21.7 Å². The summed E-state index contributed by atoms with van der Waals surface area (Å²) in [6.07, 6.45) is 0. The zero-order valence-corrected chi connectivity index (χ0v) is 12.8. The molecule has 0 bridgehead atoms. The van der Waals surface area contributed by atoms with Crippen LogP contribution in [-0.4, -0.2) is 39.4 Å². The van der Waals surface area contributed by atoms with Gasteiger partial charge in [-0.1, -0.05) is 12.1 Å². The summed E-state index contributed by atoms with van der Waals surface area (Å²) in [6, 6.07) is 8.25. The van der Waals surface area contributed by atoms with E-state index in [9.17, 15) is 0 Å². The normalized spacial score (nSPS) is 12.9. The molecule has 0 spiro atoms. The van der Waals surface area contributed by atoms with Crippen molar-refractivity contribution in [2.24, 2.45) is 4.99 Å². The van der Waals surface area contributed by atoms with Crippen LogP contribution >= 0.6 is 0 Å². The van der Waals surface area contributed by atoms with Crippen molar-refractivity contribution < 1.29 is 9.47 Å². The van der Waals surface area contributed by atoms with Crippen LogP contribution in [-0.2, 0) is 11.3 Å². The van der Waals surface area contributed by atoms with Gasteiger partial charge in [-0.15, -0.1) is 0 Å². The monoisotopic (exact) mass is 279 g/mol. The Balaban J connectivity index is 2.50. The van der Waals surface area contributed by atoms with Gasteiger partial charge in [0.25, 0.3) is 0 Å². The van der Waals surface area contributed by atoms with E-state index in [4.69, 9.17) is 9.47 Å². The standard InChI is InChI=1S/C15H25N3O2/c1-5-20-14-8-6-7-13(9-14)10-17-15(16-3)18-12(2)11-19-4/h6-9,12H,5,10-11H2,1-4H3,(H2,16,17,18). The van der Waals surface area contributed by atoms with E-state index in [1.54, 1.807) is 14.2 Å². The van der Waals surface area contributed by atoms with Gasteiger partial charge in [0.15, 0.2) is 5.96 Å². The average Bonchev–Trinajstić information content (AvgIpc) is 2.44. The van der Waals surface area contributed by atoms with Crippen molar-refractivity contribution in [3.8, 4) is 5.75 Å². The topological polar surface area (TPSA) is 54.9 Å². The molecule has 112 valence electrons. The summed E-state index contributed by atoms with van der Waals surface area (Å²) >= 11 is 0. The zero-order chi connectivity index (χ0) is 14.8. The molecule has 5 heteroatoms. The van der Waals surface area contributed by atoms with Gasteiger partial charge < -0.3 is 20.1 Å². The van der Waals surface area contributed by atoms with E-state index in [0.29, 0.717) is 19.8 Å². The fourth-order valence-electron chi connectivity index (χ4n) is 1.82. The van der Waals surface area contributed by atoms with Crippen molar-refractivity contribution in [1.82, 2.24) is 10.6 Å². The first-order chi connectivity index (χ1) is 9.69. The molecule has 0 saturated heterocycles. The molecule has 0 fully saturated rings. The molecule has 1 rings (SSSR count). The summed E-state index contributed by atoms with van der Waals surface area (Å²) in [5, 5.41) is 6.53. The maximum atomic E-state index is 5.49. The number of hydrogen-bond donors (Lipinski definition) is 2. The number of methoxy groups -OCH3 is 1. The second-order valence-electron chi connectivity index (χ2n) is 4.51. The molecule has 1 aromatic carbocycles. The van der Waals surface area contributed by atoms with Gasteiger partial charge in [0.2, 0.25) is 0 Å². The Kier molecular flexibility index (Phi) is 7.50. The fraction of sp³-hybridized carbons (Fsp3) is 0.533. The number of nitrogens with one attached hydrogen (secondary N) is 2. The van der Waals surface area contributed by atoms with Crippen molar-refractivity contribution in [2.75, 3.05) is 27.4 Å². The zero-order valence-electron chi connectivity index (χ0n) is 12.8. The molecule has 0 heterocycles. The van der Waals surface area contributed by atoms with E-state index in [1.165, 1.54) is 0 Å². The number of rotatable bonds is 7. The van der Waals surface area contributed by atoms with Gasteiger partial charge in [0, 0.05) is 26.7 Å². The summed E-state index contributed by atoms with van der Waals surface area (Å²) < 4.78 is 10.6. The molecule has 0 saturated carbocycles.